The Morgan fingerprint density at radius 1 is 1.05 bits per heavy atom. The zero-order valence-corrected chi connectivity index (χ0v) is 11.8. The van der Waals surface area contributed by atoms with Crippen molar-refractivity contribution in [3.05, 3.63) is 69.8 Å². The van der Waals surface area contributed by atoms with Crippen LogP contribution in [0.1, 0.15) is 11.1 Å². The number of rotatable bonds is 7. The number of methoxy groups -OCH3 is 1. The third-order valence-electron chi connectivity index (χ3n) is 3.05. The summed E-state index contributed by atoms with van der Waals surface area (Å²) in [5, 5.41) is 10.4. The SMILES string of the molecule is COc1ccc(CC[N+](=O)[O-])cc1OCc1ccccc1. The Morgan fingerprint density at radius 2 is 1.81 bits per heavy atom. The summed E-state index contributed by atoms with van der Waals surface area (Å²) < 4.78 is 11.0. The summed E-state index contributed by atoms with van der Waals surface area (Å²) in [4.78, 5) is 10.1. The van der Waals surface area contributed by atoms with E-state index >= 15 is 0 Å². The molecule has 5 nitrogen and oxygen atoms in total. The Morgan fingerprint density at radius 3 is 2.48 bits per heavy atom. The molecule has 0 amide bonds. The minimum Gasteiger partial charge on any atom is -0.493 e. The maximum Gasteiger partial charge on any atom is 0.207 e. The summed E-state index contributed by atoms with van der Waals surface area (Å²) >= 11 is 0. The van der Waals surface area contributed by atoms with Crippen LogP contribution in [0.15, 0.2) is 48.5 Å². The molecule has 21 heavy (non-hydrogen) atoms. The zero-order chi connectivity index (χ0) is 15.1. The first-order chi connectivity index (χ1) is 10.2. The lowest BCUT2D eigenvalue weighted by atomic mass is 10.1. The molecule has 0 atom stereocenters. The second kappa shape index (κ2) is 7.28. The van der Waals surface area contributed by atoms with Gasteiger partial charge in [0.1, 0.15) is 6.61 Å². The number of ether oxygens (including phenoxy) is 2. The van der Waals surface area contributed by atoms with E-state index in [1.54, 1.807) is 19.2 Å². The fourth-order valence-corrected chi connectivity index (χ4v) is 1.95. The number of hydrogen-bond donors (Lipinski definition) is 0. The third-order valence-corrected chi connectivity index (χ3v) is 3.05. The minimum absolute atomic E-state index is 0.0928. The summed E-state index contributed by atoms with van der Waals surface area (Å²) in [5.41, 5.74) is 1.91. The average Bonchev–Trinajstić information content (AvgIpc) is 2.52. The largest absolute Gasteiger partial charge is 0.493 e. The lowest BCUT2D eigenvalue weighted by molar-refractivity contribution is -0.479. The second-order valence-corrected chi connectivity index (χ2v) is 4.57. The van der Waals surface area contributed by atoms with Crippen molar-refractivity contribution in [3.63, 3.8) is 0 Å². The number of benzene rings is 2. The van der Waals surface area contributed by atoms with Crippen LogP contribution in [0.3, 0.4) is 0 Å². The zero-order valence-electron chi connectivity index (χ0n) is 11.8. The van der Waals surface area contributed by atoms with Gasteiger partial charge in [0.05, 0.1) is 7.11 Å². The lowest BCUT2D eigenvalue weighted by Gasteiger charge is -2.12. The van der Waals surface area contributed by atoms with E-state index in [0.717, 1.165) is 11.1 Å². The molecule has 0 aromatic heterocycles. The molecule has 2 aromatic carbocycles. The molecular weight excluding hydrogens is 270 g/mol. The molecule has 0 fully saturated rings. The van der Waals surface area contributed by atoms with Crippen molar-refractivity contribution >= 4 is 0 Å². The van der Waals surface area contributed by atoms with Crippen LogP contribution >= 0.6 is 0 Å². The van der Waals surface area contributed by atoms with Gasteiger partial charge in [0.15, 0.2) is 11.5 Å². The van der Waals surface area contributed by atoms with Crippen LogP contribution in [0, 0.1) is 10.1 Å². The van der Waals surface area contributed by atoms with Crippen molar-refractivity contribution in [1.82, 2.24) is 0 Å². The van der Waals surface area contributed by atoms with E-state index in [4.69, 9.17) is 9.47 Å². The smallest absolute Gasteiger partial charge is 0.207 e. The number of hydrogen-bond acceptors (Lipinski definition) is 4. The Bertz CT molecular complexity index is 598. The number of nitrogens with zero attached hydrogens (tertiary/aromatic N) is 1. The highest BCUT2D eigenvalue weighted by molar-refractivity contribution is 5.43. The first kappa shape index (κ1) is 14.8. The van der Waals surface area contributed by atoms with Crippen molar-refractivity contribution in [2.45, 2.75) is 13.0 Å². The predicted molar refractivity (Wildman–Crippen MR) is 79.3 cm³/mol. The standard InChI is InChI=1S/C16H17NO4/c1-20-15-8-7-13(9-10-17(18)19)11-16(15)21-12-14-5-3-2-4-6-14/h2-8,11H,9-10,12H2,1H3. The van der Waals surface area contributed by atoms with Crippen molar-refractivity contribution in [3.8, 4) is 11.5 Å². The normalized spacial score (nSPS) is 10.1. The van der Waals surface area contributed by atoms with E-state index in [0.29, 0.717) is 24.5 Å². The molecule has 2 rings (SSSR count). The molecule has 110 valence electrons. The second-order valence-electron chi connectivity index (χ2n) is 4.57. The molecular formula is C16H17NO4. The highest BCUT2D eigenvalue weighted by atomic mass is 16.6. The van der Waals surface area contributed by atoms with E-state index in [2.05, 4.69) is 0 Å². The first-order valence-electron chi connectivity index (χ1n) is 6.64. The summed E-state index contributed by atoms with van der Waals surface area (Å²) in [6, 6.07) is 15.2. The molecule has 0 aliphatic heterocycles. The van der Waals surface area contributed by atoms with Crippen LogP contribution in [0.25, 0.3) is 0 Å². The Kier molecular flexibility index (Phi) is 5.15. The highest BCUT2D eigenvalue weighted by Crippen LogP contribution is 2.29. The van der Waals surface area contributed by atoms with Crippen molar-refractivity contribution < 1.29 is 14.4 Å². The molecule has 0 aliphatic carbocycles. The molecule has 0 bridgehead atoms. The van der Waals surface area contributed by atoms with Crippen LogP contribution in [0.4, 0.5) is 0 Å². The van der Waals surface area contributed by atoms with Crippen LogP contribution in [0.2, 0.25) is 0 Å². The van der Waals surface area contributed by atoms with Gasteiger partial charge >= 0.3 is 0 Å². The van der Waals surface area contributed by atoms with E-state index in [9.17, 15) is 10.1 Å². The van der Waals surface area contributed by atoms with Gasteiger partial charge in [-0.15, -0.1) is 0 Å². The van der Waals surface area contributed by atoms with E-state index in [1.165, 1.54) is 0 Å². The molecule has 0 N–H and O–H groups in total. The lowest BCUT2D eigenvalue weighted by Crippen LogP contribution is -2.04. The fourth-order valence-electron chi connectivity index (χ4n) is 1.95. The van der Waals surface area contributed by atoms with Crippen molar-refractivity contribution in [2.24, 2.45) is 0 Å². The van der Waals surface area contributed by atoms with Gasteiger partial charge in [0, 0.05) is 11.3 Å². The van der Waals surface area contributed by atoms with Crippen molar-refractivity contribution in [1.29, 1.82) is 0 Å². The molecule has 0 saturated carbocycles. The molecule has 2 aromatic rings. The van der Waals surface area contributed by atoms with Crippen LogP contribution in [0.5, 0.6) is 11.5 Å². The van der Waals surface area contributed by atoms with Crippen LogP contribution in [-0.4, -0.2) is 18.6 Å². The Hall–Kier alpha value is -2.56. The Balaban J connectivity index is 2.08. The minimum atomic E-state index is -0.325. The monoisotopic (exact) mass is 287 g/mol. The maximum atomic E-state index is 10.4. The van der Waals surface area contributed by atoms with E-state index in [-0.39, 0.29) is 11.5 Å². The van der Waals surface area contributed by atoms with Gasteiger partial charge in [-0.25, -0.2) is 0 Å². The van der Waals surface area contributed by atoms with Gasteiger partial charge < -0.3 is 9.47 Å². The molecule has 0 aliphatic rings. The predicted octanol–water partition coefficient (Wildman–Crippen LogP) is 3.09. The number of nitro groups is 1. The first-order valence-corrected chi connectivity index (χ1v) is 6.64. The van der Waals surface area contributed by atoms with Gasteiger partial charge in [-0.1, -0.05) is 36.4 Å². The molecule has 0 unspecified atom stereocenters. The summed E-state index contributed by atoms with van der Waals surface area (Å²) in [5.74, 6) is 1.22. The highest BCUT2D eigenvalue weighted by Gasteiger charge is 2.08. The average molecular weight is 287 g/mol. The summed E-state index contributed by atoms with van der Waals surface area (Å²) in [6.07, 6.45) is 0.374. The van der Waals surface area contributed by atoms with Gasteiger partial charge in [-0.3, -0.25) is 10.1 Å². The van der Waals surface area contributed by atoms with Gasteiger partial charge in [0.25, 0.3) is 0 Å². The summed E-state index contributed by atoms with van der Waals surface area (Å²) in [6.45, 7) is 0.334. The quantitative estimate of drug-likeness (QED) is 0.580. The van der Waals surface area contributed by atoms with E-state index < -0.39 is 0 Å². The summed E-state index contributed by atoms with van der Waals surface area (Å²) in [7, 11) is 1.57. The fraction of sp³-hybridized carbons (Fsp3) is 0.250. The van der Waals surface area contributed by atoms with Crippen LogP contribution < -0.4 is 9.47 Å². The van der Waals surface area contributed by atoms with Crippen LogP contribution in [-0.2, 0) is 13.0 Å². The third kappa shape index (κ3) is 4.49. The van der Waals surface area contributed by atoms with Crippen molar-refractivity contribution in [2.75, 3.05) is 13.7 Å². The molecule has 0 radical (unpaired) electrons. The maximum absolute atomic E-state index is 10.4. The Labute approximate surface area is 123 Å². The van der Waals surface area contributed by atoms with Gasteiger partial charge in [-0.05, 0) is 23.3 Å². The molecule has 0 spiro atoms. The topological polar surface area (TPSA) is 61.6 Å². The van der Waals surface area contributed by atoms with Gasteiger partial charge in [0.2, 0.25) is 6.54 Å². The van der Waals surface area contributed by atoms with Gasteiger partial charge in [-0.2, -0.15) is 0 Å². The molecule has 0 saturated heterocycles. The van der Waals surface area contributed by atoms with E-state index in [1.807, 2.05) is 36.4 Å². The molecule has 5 heteroatoms. The molecule has 0 heterocycles.